The summed E-state index contributed by atoms with van der Waals surface area (Å²) in [5, 5.41) is 6.71. The molecule has 1 heterocycles. The molecule has 25 heavy (non-hydrogen) atoms. The van der Waals surface area contributed by atoms with E-state index >= 15 is 0 Å². The summed E-state index contributed by atoms with van der Waals surface area (Å²) in [6.45, 7) is 5.77. The average Bonchev–Trinajstić information content (AvgIpc) is 3.09. The fraction of sp³-hybridized carbons (Fsp3) is 0.562. The van der Waals surface area contributed by atoms with Gasteiger partial charge in [0.2, 0.25) is 10.0 Å². The van der Waals surface area contributed by atoms with Crippen LogP contribution in [0.25, 0.3) is 0 Å². The lowest BCUT2D eigenvalue weighted by Crippen LogP contribution is -2.35. The van der Waals surface area contributed by atoms with E-state index in [1.54, 1.807) is 26.0 Å². The smallest absolute Gasteiger partial charge is 0.244 e. The Morgan fingerprint density at radius 2 is 2.12 bits per heavy atom. The molecule has 2 N–H and O–H groups in total. The minimum atomic E-state index is -3.64. The largest absolute Gasteiger partial charge is 0.376 e. The van der Waals surface area contributed by atoms with Crippen molar-refractivity contribution in [3.8, 4) is 0 Å². The van der Waals surface area contributed by atoms with E-state index in [0.717, 1.165) is 19.4 Å². The lowest BCUT2D eigenvalue weighted by Gasteiger charge is -2.20. The first kappa shape index (κ1) is 20.4. The Hall–Kier alpha value is -0.930. The van der Waals surface area contributed by atoms with Gasteiger partial charge in [0.1, 0.15) is 4.90 Å². The summed E-state index contributed by atoms with van der Waals surface area (Å²) in [6, 6.07) is 4.77. The van der Waals surface area contributed by atoms with E-state index in [2.05, 4.69) is 10.6 Å². The molecule has 0 radical (unpaired) electrons. The Bertz CT molecular complexity index is 703. The van der Waals surface area contributed by atoms with Crippen LogP contribution >= 0.6 is 23.8 Å². The molecule has 0 amide bonds. The lowest BCUT2D eigenvalue weighted by molar-refractivity contribution is 0.114. The summed E-state index contributed by atoms with van der Waals surface area (Å²) < 4.78 is 32.3. The molecule has 9 heteroatoms. The molecule has 0 bridgehead atoms. The maximum Gasteiger partial charge on any atom is 0.244 e. The summed E-state index contributed by atoms with van der Waals surface area (Å²) in [4.78, 5) is 0.0739. The van der Waals surface area contributed by atoms with Crippen LogP contribution in [-0.4, -0.2) is 50.2 Å². The predicted octanol–water partition coefficient (Wildman–Crippen LogP) is 2.84. The molecule has 0 spiro atoms. The van der Waals surface area contributed by atoms with Gasteiger partial charge in [0.05, 0.1) is 11.1 Å². The quantitative estimate of drug-likeness (QED) is 0.680. The van der Waals surface area contributed by atoms with Gasteiger partial charge in [-0.15, -0.1) is 0 Å². The van der Waals surface area contributed by atoms with Gasteiger partial charge < -0.3 is 15.4 Å². The van der Waals surface area contributed by atoms with Crippen LogP contribution in [0.5, 0.6) is 0 Å². The summed E-state index contributed by atoms with van der Waals surface area (Å²) in [5.74, 6) is 0. The Balaban J connectivity index is 2.08. The Morgan fingerprint density at radius 1 is 1.40 bits per heavy atom. The molecule has 1 aliphatic rings. The molecule has 0 aromatic heterocycles. The number of nitrogens with zero attached hydrogens (tertiary/aromatic N) is 1. The zero-order chi connectivity index (χ0) is 18.4. The van der Waals surface area contributed by atoms with Crippen LogP contribution in [0.3, 0.4) is 0 Å². The van der Waals surface area contributed by atoms with Crippen molar-refractivity contribution in [2.24, 2.45) is 0 Å². The molecular formula is C16H24ClN3O3S2. The molecular weight excluding hydrogens is 382 g/mol. The van der Waals surface area contributed by atoms with Crippen LogP contribution in [-0.2, 0) is 14.8 Å². The standard InChI is InChI=1S/C16H24ClN3O3S2/c1-3-20(4-2)25(21,22)15-10-12(7-8-14(15)17)19-16(24)18-11-13-6-5-9-23-13/h7-8,10,13H,3-6,9,11H2,1-2H3,(H2,18,19,24)/t13-/m0/s1. The Kier molecular flexibility index (Phi) is 7.45. The second-order valence-electron chi connectivity index (χ2n) is 5.70. The number of sulfonamides is 1. The minimum absolute atomic E-state index is 0.0739. The normalized spacial score (nSPS) is 17.7. The molecule has 1 aromatic carbocycles. The third-order valence-electron chi connectivity index (χ3n) is 4.03. The van der Waals surface area contributed by atoms with Crippen molar-refractivity contribution < 1.29 is 13.2 Å². The summed E-state index contributed by atoms with van der Waals surface area (Å²) >= 11 is 11.4. The number of nitrogens with one attached hydrogen (secondary N) is 2. The third-order valence-corrected chi connectivity index (χ3v) is 6.80. The number of hydrogen-bond donors (Lipinski definition) is 2. The highest BCUT2D eigenvalue weighted by Gasteiger charge is 2.25. The third kappa shape index (κ3) is 5.27. The summed E-state index contributed by atoms with van der Waals surface area (Å²) in [7, 11) is -3.64. The number of hydrogen-bond acceptors (Lipinski definition) is 4. The fourth-order valence-electron chi connectivity index (χ4n) is 2.67. The fourth-order valence-corrected chi connectivity index (χ4v) is 4.83. The zero-order valence-electron chi connectivity index (χ0n) is 14.4. The summed E-state index contributed by atoms with van der Waals surface area (Å²) in [5.41, 5.74) is 0.569. The highest BCUT2D eigenvalue weighted by Crippen LogP contribution is 2.27. The highest BCUT2D eigenvalue weighted by molar-refractivity contribution is 7.89. The van der Waals surface area contributed by atoms with Gasteiger partial charge in [0.15, 0.2) is 5.11 Å². The monoisotopic (exact) mass is 405 g/mol. The Morgan fingerprint density at radius 3 is 2.72 bits per heavy atom. The highest BCUT2D eigenvalue weighted by atomic mass is 35.5. The van der Waals surface area contributed by atoms with Gasteiger partial charge in [0, 0.05) is 31.9 Å². The number of anilines is 1. The van der Waals surface area contributed by atoms with E-state index in [9.17, 15) is 8.42 Å². The lowest BCUT2D eigenvalue weighted by atomic mass is 10.2. The second kappa shape index (κ2) is 9.14. The van der Waals surface area contributed by atoms with Crippen molar-refractivity contribution in [2.45, 2.75) is 37.7 Å². The van der Waals surface area contributed by atoms with E-state index in [4.69, 9.17) is 28.6 Å². The van der Waals surface area contributed by atoms with Gasteiger partial charge >= 0.3 is 0 Å². The molecule has 0 saturated carbocycles. The average molecular weight is 406 g/mol. The first-order chi connectivity index (χ1) is 11.9. The predicted molar refractivity (Wildman–Crippen MR) is 105 cm³/mol. The molecule has 1 atom stereocenters. The van der Waals surface area contributed by atoms with Crippen LogP contribution in [0.4, 0.5) is 5.69 Å². The molecule has 1 saturated heterocycles. The van der Waals surface area contributed by atoms with Gasteiger partial charge in [-0.1, -0.05) is 25.4 Å². The molecule has 1 aliphatic heterocycles. The van der Waals surface area contributed by atoms with E-state index in [1.807, 2.05) is 0 Å². The molecule has 1 aromatic rings. The first-order valence-corrected chi connectivity index (χ1v) is 10.6. The van der Waals surface area contributed by atoms with Gasteiger partial charge in [-0.3, -0.25) is 0 Å². The van der Waals surface area contributed by atoms with Crippen molar-refractivity contribution in [3.05, 3.63) is 23.2 Å². The molecule has 1 fully saturated rings. The van der Waals surface area contributed by atoms with Gasteiger partial charge in [-0.25, -0.2) is 8.42 Å². The SMILES string of the molecule is CCN(CC)S(=O)(=O)c1cc(NC(=S)NC[C@@H]2CCCO2)ccc1Cl. The zero-order valence-corrected chi connectivity index (χ0v) is 16.8. The van der Waals surface area contributed by atoms with Gasteiger partial charge in [-0.2, -0.15) is 4.31 Å². The number of thiocarbonyl (C=S) groups is 1. The van der Waals surface area contributed by atoms with Crippen LogP contribution in [0, 0.1) is 0 Å². The number of rotatable bonds is 7. The van der Waals surface area contributed by atoms with Crippen molar-refractivity contribution in [1.29, 1.82) is 0 Å². The molecule has 0 unspecified atom stereocenters. The van der Waals surface area contributed by atoms with E-state index in [0.29, 0.717) is 30.4 Å². The molecule has 2 rings (SSSR count). The van der Waals surface area contributed by atoms with Crippen molar-refractivity contribution in [1.82, 2.24) is 9.62 Å². The first-order valence-electron chi connectivity index (χ1n) is 8.34. The summed E-state index contributed by atoms with van der Waals surface area (Å²) in [6.07, 6.45) is 2.25. The molecule has 0 aliphatic carbocycles. The van der Waals surface area contributed by atoms with E-state index in [1.165, 1.54) is 10.4 Å². The van der Waals surface area contributed by atoms with Crippen LogP contribution in [0.15, 0.2) is 23.1 Å². The van der Waals surface area contributed by atoms with Crippen molar-refractivity contribution >= 4 is 44.6 Å². The maximum atomic E-state index is 12.7. The molecule has 6 nitrogen and oxygen atoms in total. The number of ether oxygens (including phenoxy) is 1. The van der Waals surface area contributed by atoms with E-state index < -0.39 is 10.0 Å². The van der Waals surface area contributed by atoms with Crippen molar-refractivity contribution in [2.75, 3.05) is 31.6 Å². The van der Waals surface area contributed by atoms with Gasteiger partial charge in [-0.05, 0) is 43.3 Å². The van der Waals surface area contributed by atoms with Crippen LogP contribution < -0.4 is 10.6 Å². The second-order valence-corrected chi connectivity index (χ2v) is 8.43. The number of halogens is 1. The van der Waals surface area contributed by atoms with E-state index in [-0.39, 0.29) is 16.0 Å². The van der Waals surface area contributed by atoms with Crippen LogP contribution in [0.2, 0.25) is 5.02 Å². The maximum absolute atomic E-state index is 12.7. The Labute approximate surface area is 159 Å². The van der Waals surface area contributed by atoms with Crippen molar-refractivity contribution in [3.63, 3.8) is 0 Å². The number of benzene rings is 1. The molecule has 140 valence electrons. The van der Waals surface area contributed by atoms with Crippen LogP contribution in [0.1, 0.15) is 26.7 Å². The minimum Gasteiger partial charge on any atom is -0.376 e. The topological polar surface area (TPSA) is 70.7 Å². The van der Waals surface area contributed by atoms with Gasteiger partial charge in [0.25, 0.3) is 0 Å².